The van der Waals surface area contributed by atoms with Gasteiger partial charge in [0.1, 0.15) is 0 Å². The van der Waals surface area contributed by atoms with Crippen LogP contribution in [-0.4, -0.2) is 6.21 Å². The van der Waals surface area contributed by atoms with Crippen LogP contribution in [0, 0.1) is 6.92 Å². The van der Waals surface area contributed by atoms with Crippen molar-refractivity contribution in [2.75, 3.05) is 4.90 Å². The molecule has 0 spiro atoms. The predicted octanol–water partition coefficient (Wildman–Crippen LogP) is 10.7. The first-order chi connectivity index (χ1) is 19.4. The van der Waals surface area contributed by atoms with E-state index in [2.05, 4.69) is 112 Å². The van der Waals surface area contributed by atoms with Gasteiger partial charge in [-0.25, -0.2) is 0 Å². The molecule has 0 saturated carbocycles. The summed E-state index contributed by atoms with van der Waals surface area (Å²) < 4.78 is 0. The number of fused-ring (bicyclic) bond motifs is 1. The molecule has 0 saturated heterocycles. The van der Waals surface area contributed by atoms with Gasteiger partial charge in [-0.05, 0) is 112 Å². The lowest BCUT2D eigenvalue weighted by Crippen LogP contribution is -2.12. The Morgan fingerprint density at radius 3 is 2.40 bits per heavy atom. The second kappa shape index (κ2) is 15.4. The highest BCUT2D eigenvalue weighted by Crippen LogP contribution is 2.35. The third kappa shape index (κ3) is 7.70. The fraction of sp³-hybridized carbons (Fsp3) is 0.237. The van der Waals surface area contributed by atoms with E-state index in [4.69, 9.17) is 4.99 Å². The topological polar surface area (TPSA) is 15.6 Å². The highest BCUT2D eigenvalue weighted by atomic mass is 15.1. The molecule has 40 heavy (non-hydrogen) atoms. The SMILES string of the molecule is C=C(C)C(=C)C(/N=C/C=C\C=C/C)=C(\C=C/N(/C=C\C)c1cc2c(c(C)c1/C=C\C)CCC=C2)C1=CCCC=C1. The second-order valence-corrected chi connectivity index (χ2v) is 10.00. The molecule has 0 unspecified atom stereocenters. The van der Waals surface area contributed by atoms with Gasteiger partial charge in [0.05, 0.1) is 11.4 Å². The number of rotatable bonds is 11. The number of aliphatic imine (C=N–C) groups is 1. The van der Waals surface area contributed by atoms with Gasteiger partial charge in [-0.1, -0.05) is 80.0 Å². The van der Waals surface area contributed by atoms with Crippen LogP contribution in [0.1, 0.15) is 69.2 Å². The van der Waals surface area contributed by atoms with E-state index in [1.807, 2.05) is 44.4 Å². The zero-order chi connectivity index (χ0) is 28.9. The molecule has 0 amide bonds. The van der Waals surface area contributed by atoms with Gasteiger partial charge in [0, 0.05) is 29.8 Å². The van der Waals surface area contributed by atoms with Gasteiger partial charge in [-0.2, -0.15) is 0 Å². The average molecular weight is 529 g/mol. The number of anilines is 1. The Hall–Kier alpha value is -4.17. The van der Waals surface area contributed by atoms with Crippen molar-refractivity contribution >= 4 is 24.1 Å². The van der Waals surface area contributed by atoms with Crippen molar-refractivity contribution in [1.82, 2.24) is 0 Å². The Morgan fingerprint density at radius 2 is 1.73 bits per heavy atom. The molecule has 2 aliphatic carbocycles. The van der Waals surface area contributed by atoms with E-state index < -0.39 is 0 Å². The molecule has 0 radical (unpaired) electrons. The van der Waals surface area contributed by atoms with Crippen LogP contribution in [0.4, 0.5) is 5.69 Å². The summed E-state index contributed by atoms with van der Waals surface area (Å²) in [4.78, 5) is 7.12. The molecular weight excluding hydrogens is 484 g/mol. The third-order valence-electron chi connectivity index (χ3n) is 7.02. The van der Waals surface area contributed by atoms with E-state index in [-0.39, 0.29) is 0 Å². The number of allylic oxidation sites excluding steroid dienone is 14. The van der Waals surface area contributed by atoms with Crippen LogP contribution < -0.4 is 4.90 Å². The van der Waals surface area contributed by atoms with Crippen molar-refractivity contribution in [3.8, 4) is 0 Å². The summed E-state index contributed by atoms with van der Waals surface area (Å²) in [5.41, 5.74) is 11.2. The minimum absolute atomic E-state index is 0.824. The van der Waals surface area contributed by atoms with Gasteiger partial charge in [0.2, 0.25) is 0 Å². The Labute approximate surface area is 242 Å². The Morgan fingerprint density at radius 1 is 0.925 bits per heavy atom. The molecule has 1 aromatic carbocycles. The maximum atomic E-state index is 4.90. The molecule has 1 aromatic rings. The Balaban J connectivity index is 2.23. The van der Waals surface area contributed by atoms with Crippen molar-refractivity contribution < 1.29 is 0 Å². The number of hydrogen-bond donors (Lipinski definition) is 0. The lowest BCUT2D eigenvalue weighted by atomic mass is 9.88. The minimum atomic E-state index is 0.824. The lowest BCUT2D eigenvalue weighted by molar-refractivity contribution is 0.968. The van der Waals surface area contributed by atoms with E-state index in [0.29, 0.717) is 0 Å². The highest BCUT2D eigenvalue weighted by molar-refractivity contribution is 5.79. The zero-order valence-corrected chi connectivity index (χ0v) is 25.0. The highest BCUT2D eigenvalue weighted by Gasteiger charge is 2.17. The molecule has 0 atom stereocenters. The van der Waals surface area contributed by atoms with Gasteiger partial charge < -0.3 is 4.90 Å². The maximum Gasteiger partial charge on any atom is 0.0777 e. The van der Waals surface area contributed by atoms with Crippen LogP contribution in [0.3, 0.4) is 0 Å². The first-order valence-corrected chi connectivity index (χ1v) is 14.3. The van der Waals surface area contributed by atoms with Crippen LogP contribution in [0.5, 0.6) is 0 Å². The molecule has 2 heteroatoms. The van der Waals surface area contributed by atoms with Gasteiger partial charge in [-0.3, -0.25) is 4.99 Å². The van der Waals surface area contributed by atoms with Gasteiger partial charge >= 0.3 is 0 Å². The smallest absolute Gasteiger partial charge is 0.0777 e. The summed E-state index contributed by atoms with van der Waals surface area (Å²) in [6.45, 7) is 18.9. The fourth-order valence-corrected chi connectivity index (χ4v) is 4.90. The maximum absolute atomic E-state index is 4.90. The molecule has 0 aromatic heterocycles. The van der Waals surface area contributed by atoms with Crippen LogP contribution in [0.15, 0.2) is 131 Å². The molecule has 0 N–H and O–H groups in total. The molecule has 0 bridgehead atoms. The molecule has 3 rings (SSSR count). The Kier molecular flexibility index (Phi) is 11.7. The van der Waals surface area contributed by atoms with Gasteiger partial charge in [0.15, 0.2) is 0 Å². The quantitative estimate of drug-likeness (QED) is 0.206. The predicted molar refractivity (Wildman–Crippen MR) is 180 cm³/mol. The van der Waals surface area contributed by atoms with Crippen LogP contribution in [0.2, 0.25) is 0 Å². The van der Waals surface area contributed by atoms with Crippen molar-refractivity contribution in [3.63, 3.8) is 0 Å². The first-order valence-electron chi connectivity index (χ1n) is 14.3. The molecule has 0 aliphatic heterocycles. The van der Waals surface area contributed by atoms with E-state index in [9.17, 15) is 0 Å². The normalized spacial score (nSPS) is 16.2. The zero-order valence-electron chi connectivity index (χ0n) is 25.0. The molecule has 2 aliphatic rings. The summed E-state index contributed by atoms with van der Waals surface area (Å²) in [7, 11) is 0. The number of nitrogens with zero attached hydrogens (tertiary/aromatic N) is 2. The van der Waals surface area contributed by atoms with Gasteiger partial charge in [0.25, 0.3) is 0 Å². The van der Waals surface area contributed by atoms with E-state index in [1.165, 1.54) is 22.3 Å². The summed E-state index contributed by atoms with van der Waals surface area (Å²) in [5, 5.41) is 0. The van der Waals surface area contributed by atoms with Crippen molar-refractivity contribution in [2.24, 2.45) is 4.99 Å². The van der Waals surface area contributed by atoms with Crippen molar-refractivity contribution in [3.05, 3.63) is 149 Å². The molecule has 2 nitrogen and oxygen atoms in total. The van der Waals surface area contributed by atoms with Crippen molar-refractivity contribution in [1.29, 1.82) is 0 Å². The Bertz CT molecular complexity index is 1410. The molecular formula is C38H44N2. The van der Waals surface area contributed by atoms with Crippen LogP contribution in [0.25, 0.3) is 12.2 Å². The van der Waals surface area contributed by atoms with Crippen LogP contribution >= 0.6 is 0 Å². The first kappa shape index (κ1) is 30.4. The average Bonchev–Trinajstić information content (AvgIpc) is 2.97. The fourth-order valence-electron chi connectivity index (χ4n) is 4.90. The van der Waals surface area contributed by atoms with Crippen LogP contribution in [-0.2, 0) is 6.42 Å². The summed E-state index contributed by atoms with van der Waals surface area (Å²) in [6.07, 6.45) is 38.1. The molecule has 0 fully saturated rings. The summed E-state index contributed by atoms with van der Waals surface area (Å²) in [5.74, 6) is 0. The summed E-state index contributed by atoms with van der Waals surface area (Å²) in [6, 6.07) is 2.32. The number of benzene rings is 1. The van der Waals surface area contributed by atoms with E-state index in [1.54, 1.807) is 0 Å². The number of hydrogen-bond acceptors (Lipinski definition) is 2. The van der Waals surface area contributed by atoms with Gasteiger partial charge in [-0.15, -0.1) is 0 Å². The third-order valence-corrected chi connectivity index (χ3v) is 7.02. The molecule has 206 valence electrons. The second-order valence-electron chi connectivity index (χ2n) is 10.00. The minimum Gasteiger partial charge on any atom is -0.324 e. The van der Waals surface area contributed by atoms with E-state index >= 15 is 0 Å². The standard InChI is InChI=1S/C38H44N2/c1-8-11-12-18-25-39-38(30(6)29(4)5)36(32-20-14-13-15-21-32)24-27-40(26-10-3)37-28-33-22-16-17-23-34(33)31(7)35(37)19-9-2/h8-12,14,16,18-22,24-28H,4,6,13,15,17,23H2,1-3,5,7H3/b11-8-,18-12-,19-9-,26-10-,27-24-,38-36-,39-25+. The summed E-state index contributed by atoms with van der Waals surface area (Å²) >= 11 is 0. The largest absolute Gasteiger partial charge is 0.324 e. The van der Waals surface area contributed by atoms with E-state index in [0.717, 1.165) is 59.4 Å². The monoisotopic (exact) mass is 528 g/mol. The van der Waals surface area contributed by atoms with Crippen molar-refractivity contribution in [2.45, 2.75) is 60.3 Å². The molecule has 0 heterocycles. The lowest BCUT2D eigenvalue weighted by Gasteiger charge is -2.25.